The lowest BCUT2D eigenvalue weighted by Crippen LogP contribution is -2.27. The van der Waals surface area contributed by atoms with Gasteiger partial charge in [-0.25, -0.2) is 4.39 Å². The molecule has 0 radical (unpaired) electrons. The lowest BCUT2D eigenvalue weighted by atomic mass is 9.88. The number of aryl methyl sites for hydroxylation is 1. The molecule has 132 valence electrons. The summed E-state index contributed by atoms with van der Waals surface area (Å²) < 4.78 is 19.5. The summed E-state index contributed by atoms with van der Waals surface area (Å²) in [5, 5.41) is 9.14. The number of ether oxygens (including phenoxy) is 1. The van der Waals surface area contributed by atoms with Crippen LogP contribution in [0.4, 0.5) is 4.39 Å². The molecule has 2 aromatic rings. The molecule has 0 saturated heterocycles. The normalized spacial score (nSPS) is 16.4. The van der Waals surface area contributed by atoms with Crippen LogP contribution in [0.2, 0.25) is 0 Å². The van der Waals surface area contributed by atoms with Gasteiger partial charge in [-0.2, -0.15) is 0 Å². The molecule has 2 aromatic carbocycles. The van der Waals surface area contributed by atoms with Gasteiger partial charge in [-0.1, -0.05) is 56.2 Å². The second kappa shape index (κ2) is 7.79. The molecule has 0 bridgehead atoms. The Kier molecular flexibility index (Phi) is 5.49. The lowest BCUT2D eigenvalue weighted by Gasteiger charge is -2.24. The van der Waals surface area contributed by atoms with Gasteiger partial charge >= 0.3 is 5.97 Å². The summed E-state index contributed by atoms with van der Waals surface area (Å²) in [4.78, 5) is 12.4. The van der Waals surface area contributed by atoms with Crippen LogP contribution in [0.1, 0.15) is 54.4 Å². The second-order valence-corrected chi connectivity index (χ2v) is 6.56. The number of rotatable bonds is 6. The Bertz CT molecular complexity index is 752. The Labute approximate surface area is 147 Å². The van der Waals surface area contributed by atoms with Crippen molar-refractivity contribution in [3.05, 3.63) is 64.5 Å². The summed E-state index contributed by atoms with van der Waals surface area (Å²) >= 11 is 0. The van der Waals surface area contributed by atoms with Crippen LogP contribution in [-0.2, 0) is 24.2 Å². The van der Waals surface area contributed by atoms with Crippen LogP contribution in [0.15, 0.2) is 36.4 Å². The van der Waals surface area contributed by atoms with Crippen molar-refractivity contribution in [2.45, 2.75) is 51.6 Å². The molecule has 0 fully saturated rings. The number of aliphatic hydroxyl groups is 1. The molecule has 1 heterocycles. The molecule has 1 atom stereocenters. The van der Waals surface area contributed by atoms with E-state index < -0.39 is 24.3 Å². The molecule has 1 N–H and O–H groups in total. The second-order valence-electron chi connectivity index (χ2n) is 6.56. The SMILES string of the molecule is CCCCCc1ccc(C2Cc3ccc(CO)c(F)c3OC2=O)cc1. The Balaban J connectivity index is 1.78. The topological polar surface area (TPSA) is 46.5 Å². The highest BCUT2D eigenvalue weighted by atomic mass is 19.1. The van der Waals surface area contributed by atoms with E-state index >= 15 is 0 Å². The molecule has 1 aliphatic heterocycles. The number of fused-ring (bicyclic) bond motifs is 1. The van der Waals surface area contributed by atoms with E-state index in [1.54, 1.807) is 12.1 Å². The smallest absolute Gasteiger partial charge is 0.319 e. The van der Waals surface area contributed by atoms with Crippen LogP contribution in [-0.4, -0.2) is 11.1 Å². The number of unbranched alkanes of at least 4 members (excludes halogenated alkanes) is 2. The van der Waals surface area contributed by atoms with E-state index in [1.807, 2.05) is 12.1 Å². The zero-order valence-corrected chi connectivity index (χ0v) is 14.4. The molecule has 1 aliphatic rings. The molecular weight excluding hydrogens is 319 g/mol. The molecule has 0 spiro atoms. The van der Waals surface area contributed by atoms with Gasteiger partial charge in [0.2, 0.25) is 0 Å². The number of esters is 1. The average molecular weight is 342 g/mol. The predicted octanol–water partition coefficient (Wildman–Crippen LogP) is 4.30. The Morgan fingerprint density at radius 1 is 1.16 bits per heavy atom. The van der Waals surface area contributed by atoms with Crippen molar-refractivity contribution in [1.82, 2.24) is 0 Å². The maximum Gasteiger partial charge on any atom is 0.319 e. The fraction of sp³-hybridized carbons (Fsp3) is 0.381. The van der Waals surface area contributed by atoms with E-state index in [4.69, 9.17) is 9.84 Å². The standard InChI is InChI=1S/C21H23FO3/c1-2-3-4-5-14-6-8-15(9-7-14)18-12-16-10-11-17(13-23)19(22)20(16)25-21(18)24/h6-11,18,23H,2-5,12-13H2,1H3. The number of aliphatic hydroxyl groups excluding tert-OH is 1. The zero-order chi connectivity index (χ0) is 17.8. The summed E-state index contributed by atoms with van der Waals surface area (Å²) in [6.45, 7) is 1.77. The zero-order valence-electron chi connectivity index (χ0n) is 14.4. The molecule has 4 heteroatoms. The third-order valence-electron chi connectivity index (χ3n) is 4.79. The van der Waals surface area contributed by atoms with Crippen LogP contribution >= 0.6 is 0 Å². The van der Waals surface area contributed by atoms with Crippen LogP contribution < -0.4 is 4.74 Å². The number of benzene rings is 2. The van der Waals surface area contributed by atoms with E-state index in [1.165, 1.54) is 24.8 Å². The lowest BCUT2D eigenvalue weighted by molar-refractivity contribution is -0.137. The van der Waals surface area contributed by atoms with Crippen molar-refractivity contribution < 1.29 is 19.0 Å². The monoisotopic (exact) mass is 342 g/mol. The fourth-order valence-electron chi connectivity index (χ4n) is 3.25. The molecular formula is C21H23FO3. The summed E-state index contributed by atoms with van der Waals surface area (Å²) in [5.74, 6) is -1.54. The minimum Gasteiger partial charge on any atom is -0.423 e. The molecule has 0 aliphatic carbocycles. The fourth-order valence-corrected chi connectivity index (χ4v) is 3.25. The van der Waals surface area contributed by atoms with Gasteiger partial charge in [-0.3, -0.25) is 4.79 Å². The molecule has 25 heavy (non-hydrogen) atoms. The summed E-state index contributed by atoms with van der Waals surface area (Å²) in [7, 11) is 0. The van der Waals surface area contributed by atoms with Gasteiger partial charge in [-0.15, -0.1) is 0 Å². The first-order chi connectivity index (χ1) is 12.1. The minimum atomic E-state index is -0.641. The Morgan fingerprint density at radius 3 is 2.60 bits per heavy atom. The third-order valence-corrected chi connectivity index (χ3v) is 4.79. The predicted molar refractivity (Wildman–Crippen MR) is 94.1 cm³/mol. The summed E-state index contributed by atoms with van der Waals surface area (Å²) in [6, 6.07) is 11.3. The Morgan fingerprint density at radius 2 is 1.92 bits per heavy atom. The molecule has 0 amide bonds. The van der Waals surface area contributed by atoms with Crippen molar-refractivity contribution in [3.8, 4) is 5.75 Å². The number of hydrogen-bond acceptors (Lipinski definition) is 3. The number of carbonyl (C=O) groups excluding carboxylic acids is 1. The minimum absolute atomic E-state index is 0.0380. The third kappa shape index (κ3) is 3.74. The van der Waals surface area contributed by atoms with Crippen molar-refractivity contribution in [2.24, 2.45) is 0 Å². The van der Waals surface area contributed by atoms with Gasteiger partial charge in [0.05, 0.1) is 12.5 Å². The van der Waals surface area contributed by atoms with Crippen LogP contribution in [0.3, 0.4) is 0 Å². The maximum absolute atomic E-state index is 14.2. The highest BCUT2D eigenvalue weighted by molar-refractivity contribution is 5.83. The number of halogens is 1. The van der Waals surface area contributed by atoms with E-state index in [0.29, 0.717) is 12.0 Å². The van der Waals surface area contributed by atoms with Crippen molar-refractivity contribution in [2.75, 3.05) is 0 Å². The molecule has 3 rings (SSSR count). The maximum atomic E-state index is 14.2. The first kappa shape index (κ1) is 17.6. The summed E-state index contributed by atoms with van der Waals surface area (Å²) in [5.41, 5.74) is 2.95. The number of hydrogen-bond donors (Lipinski definition) is 1. The molecule has 3 nitrogen and oxygen atoms in total. The van der Waals surface area contributed by atoms with E-state index in [9.17, 15) is 9.18 Å². The van der Waals surface area contributed by atoms with E-state index in [-0.39, 0.29) is 11.3 Å². The van der Waals surface area contributed by atoms with Gasteiger partial charge in [0, 0.05) is 5.56 Å². The van der Waals surface area contributed by atoms with E-state index in [2.05, 4.69) is 19.1 Å². The molecule has 0 aromatic heterocycles. The van der Waals surface area contributed by atoms with Crippen molar-refractivity contribution in [3.63, 3.8) is 0 Å². The largest absolute Gasteiger partial charge is 0.423 e. The van der Waals surface area contributed by atoms with Gasteiger partial charge in [0.1, 0.15) is 0 Å². The van der Waals surface area contributed by atoms with Gasteiger partial charge in [-0.05, 0) is 36.0 Å². The van der Waals surface area contributed by atoms with Gasteiger partial charge in [0.25, 0.3) is 0 Å². The first-order valence-corrected chi connectivity index (χ1v) is 8.85. The highest BCUT2D eigenvalue weighted by Gasteiger charge is 2.32. The molecule has 0 saturated carbocycles. The van der Waals surface area contributed by atoms with Crippen molar-refractivity contribution in [1.29, 1.82) is 0 Å². The van der Waals surface area contributed by atoms with Gasteiger partial charge < -0.3 is 9.84 Å². The average Bonchev–Trinajstić information content (AvgIpc) is 2.63. The Hall–Kier alpha value is -2.20. The molecule has 1 unspecified atom stereocenters. The van der Waals surface area contributed by atoms with E-state index in [0.717, 1.165) is 12.0 Å². The highest BCUT2D eigenvalue weighted by Crippen LogP contribution is 2.36. The van der Waals surface area contributed by atoms with Crippen molar-refractivity contribution >= 4 is 5.97 Å². The van der Waals surface area contributed by atoms with Crippen LogP contribution in [0.25, 0.3) is 0 Å². The van der Waals surface area contributed by atoms with Crippen LogP contribution in [0, 0.1) is 5.82 Å². The number of carbonyl (C=O) groups is 1. The van der Waals surface area contributed by atoms with Crippen LogP contribution in [0.5, 0.6) is 5.75 Å². The summed E-state index contributed by atoms with van der Waals surface area (Å²) in [6.07, 6.45) is 5.03. The first-order valence-electron chi connectivity index (χ1n) is 8.85. The quantitative estimate of drug-likeness (QED) is 0.484. The van der Waals surface area contributed by atoms with Gasteiger partial charge in [0.15, 0.2) is 11.6 Å².